The molecule has 4 N–H and O–H groups in total. The van der Waals surface area contributed by atoms with Gasteiger partial charge in [0.1, 0.15) is 16.6 Å². The topological polar surface area (TPSA) is 91.5 Å². The number of halogens is 4. The van der Waals surface area contributed by atoms with Crippen LogP contribution in [-0.2, 0) is 4.79 Å². The van der Waals surface area contributed by atoms with Gasteiger partial charge in [-0.15, -0.1) is 0 Å². The molecule has 0 unspecified atom stereocenters. The van der Waals surface area contributed by atoms with Crippen LogP contribution >= 0.6 is 34.8 Å². The van der Waals surface area contributed by atoms with Crippen molar-refractivity contribution < 1.29 is 14.3 Å². The molecule has 0 atom stereocenters. The van der Waals surface area contributed by atoms with Crippen LogP contribution in [-0.4, -0.2) is 29.7 Å². The van der Waals surface area contributed by atoms with E-state index in [1.807, 2.05) is 19.1 Å². The molecule has 0 saturated carbocycles. The van der Waals surface area contributed by atoms with Crippen molar-refractivity contribution in [1.29, 1.82) is 0 Å². The molecular formula is C21H18Cl3FN4O2. The Bertz CT molecular complexity index is 1150. The van der Waals surface area contributed by atoms with Crippen molar-refractivity contribution in [2.75, 3.05) is 29.5 Å². The average molecular weight is 484 g/mol. The lowest BCUT2D eigenvalue weighted by Gasteiger charge is -2.24. The zero-order valence-corrected chi connectivity index (χ0v) is 18.8. The predicted octanol–water partition coefficient (Wildman–Crippen LogP) is 6.00. The van der Waals surface area contributed by atoms with Crippen LogP contribution in [0.5, 0.6) is 0 Å². The zero-order valence-electron chi connectivity index (χ0n) is 16.5. The Kier molecular flexibility index (Phi) is 6.79. The van der Waals surface area contributed by atoms with Crippen molar-refractivity contribution in [2.24, 2.45) is 0 Å². The lowest BCUT2D eigenvalue weighted by Crippen LogP contribution is -2.17. The smallest absolute Gasteiger partial charge is 0.322 e. The summed E-state index contributed by atoms with van der Waals surface area (Å²) in [4.78, 5) is 16.0. The minimum atomic E-state index is -1.15. The summed E-state index contributed by atoms with van der Waals surface area (Å²) in [5.41, 5.74) is 9.97. The van der Waals surface area contributed by atoms with E-state index in [9.17, 15) is 9.18 Å². The Morgan fingerprint density at radius 1 is 1.19 bits per heavy atom. The van der Waals surface area contributed by atoms with Crippen LogP contribution < -0.4 is 16.0 Å². The second kappa shape index (κ2) is 9.18. The number of nitrogens with one attached hydrogen (secondary N) is 1. The maximum atomic E-state index is 14.4. The summed E-state index contributed by atoms with van der Waals surface area (Å²) in [6.45, 7) is 1.43. The van der Waals surface area contributed by atoms with Gasteiger partial charge >= 0.3 is 5.97 Å². The van der Waals surface area contributed by atoms with Crippen molar-refractivity contribution in [3.8, 4) is 11.1 Å². The number of hydrogen-bond acceptors (Lipinski definition) is 5. The summed E-state index contributed by atoms with van der Waals surface area (Å²) in [5.74, 6) is -2.26. The van der Waals surface area contributed by atoms with Crippen LogP contribution in [0.1, 0.15) is 5.56 Å². The molecule has 3 aromatic rings. The third kappa shape index (κ3) is 4.95. The number of carboxylic acid groups (broad SMARTS) is 1. The number of rotatable bonds is 6. The number of aryl methyl sites for hydroxylation is 1. The summed E-state index contributed by atoms with van der Waals surface area (Å²) < 4.78 is 14.4. The quantitative estimate of drug-likeness (QED) is 0.294. The van der Waals surface area contributed by atoms with Gasteiger partial charge < -0.3 is 21.1 Å². The summed E-state index contributed by atoms with van der Waals surface area (Å²) in [7, 11) is 1.64. The number of aliphatic carboxylic acids is 1. The highest BCUT2D eigenvalue weighted by molar-refractivity contribution is 6.40. The molecule has 0 amide bonds. The minimum Gasteiger partial charge on any atom is -0.480 e. The number of pyridine rings is 1. The molecular weight excluding hydrogens is 466 g/mol. The van der Waals surface area contributed by atoms with E-state index in [0.717, 1.165) is 16.7 Å². The molecule has 1 aromatic heterocycles. The van der Waals surface area contributed by atoms with Gasteiger partial charge in [-0.05, 0) is 48.4 Å². The molecule has 0 aliphatic carbocycles. The molecule has 2 aromatic carbocycles. The van der Waals surface area contributed by atoms with Crippen LogP contribution in [0.3, 0.4) is 0 Å². The number of nitrogens with zero attached hydrogens (tertiary/aromatic N) is 2. The maximum Gasteiger partial charge on any atom is 0.322 e. The van der Waals surface area contributed by atoms with Gasteiger partial charge in [-0.2, -0.15) is 9.37 Å². The number of nitrogen functional groups attached to an aromatic ring is 1. The Morgan fingerprint density at radius 3 is 2.55 bits per heavy atom. The van der Waals surface area contributed by atoms with Crippen LogP contribution in [0.4, 0.5) is 27.3 Å². The highest BCUT2D eigenvalue weighted by Gasteiger charge is 2.22. The van der Waals surface area contributed by atoms with Crippen LogP contribution in [0.15, 0.2) is 36.4 Å². The van der Waals surface area contributed by atoms with Gasteiger partial charge in [-0.1, -0.05) is 40.9 Å². The first kappa shape index (κ1) is 22.9. The monoisotopic (exact) mass is 482 g/mol. The Morgan fingerprint density at radius 2 is 1.90 bits per heavy atom. The number of hydrogen-bond donors (Lipinski definition) is 3. The lowest BCUT2D eigenvalue weighted by atomic mass is 10.0. The molecule has 0 aliphatic heterocycles. The molecule has 0 aliphatic rings. The highest BCUT2D eigenvalue weighted by Crippen LogP contribution is 2.43. The summed E-state index contributed by atoms with van der Waals surface area (Å²) in [6.07, 6.45) is 0. The number of anilines is 4. The molecule has 3 rings (SSSR count). The summed E-state index contributed by atoms with van der Waals surface area (Å²) >= 11 is 18.7. The van der Waals surface area contributed by atoms with Crippen LogP contribution in [0.2, 0.25) is 15.1 Å². The van der Waals surface area contributed by atoms with E-state index >= 15 is 0 Å². The third-order valence-electron chi connectivity index (χ3n) is 4.53. The van der Waals surface area contributed by atoms with Crippen molar-refractivity contribution >= 4 is 63.7 Å². The Balaban J connectivity index is 2.09. The van der Waals surface area contributed by atoms with Gasteiger partial charge in [0.2, 0.25) is 5.95 Å². The van der Waals surface area contributed by atoms with E-state index in [2.05, 4.69) is 10.3 Å². The van der Waals surface area contributed by atoms with E-state index < -0.39 is 18.5 Å². The summed E-state index contributed by atoms with van der Waals surface area (Å²) in [6, 6.07) is 10.8. The molecule has 0 bridgehead atoms. The number of aromatic nitrogens is 1. The largest absolute Gasteiger partial charge is 0.480 e. The summed E-state index contributed by atoms with van der Waals surface area (Å²) in [5, 5.41) is 11.6. The van der Waals surface area contributed by atoms with Crippen LogP contribution in [0, 0.1) is 12.9 Å². The Hall–Kier alpha value is -2.74. The second-order valence-electron chi connectivity index (χ2n) is 6.82. The number of carbonyl (C=O) groups is 1. The van der Waals surface area contributed by atoms with E-state index in [0.29, 0.717) is 16.4 Å². The van der Waals surface area contributed by atoms with Crippen molar-refractivity contribution in [3.05, 3.63) is 63.0 Å². The van der Waals surface area contributed by atoms with Gasteiger partial charge in [0.05, 0.1) is 5.69 Å². The fourth-order valence-electron chi connectivity index (χ4n) is 3.10. The van der Waals surface area contributed by atoms with Gasteiger partial charge in [0, 0.05) is 29.0 Å². The predicted molar refractivity (Wildman–Crippen MR) is 124 cm³/mol. The fraction of sp³-hybridized carbons (Fsp3) is 0.143. The van der Waals surface area contributed by atoms with E-state index in [1.54, 1.807) is 36.2 Å². The minimum absolute atomic E-state index is 0.0212. The van der Waals surface area contributed by atoms with Crippen LogP contribution in [0.25, 0.3) is 11.1 Å². The molecule has 1 heterocycles. The molecule has 31 heavy (non-hydrogen) atoms. The zero-order chi connectivity index (χ0) is 22.9. The van der Waals surface area contributed by atoms with E-state index in [-0.39, 0.29) is 21.6 Å². The normalized spacial score (nSPS) is 10.8. The second-order valence-corrected chi connectivity index (χ2v) is 8.02. The fourth-order valence-corrected chi connectivity index (χ4v) is 4.03. The SMILES string of the molecule is Cc1cc(Cl)cc(-c2cc(N(C)c3c(Cl)c(F)nc(NCC(=O)O)c3Cl)ccc2N)c1. The molecule has 6 nitrogen and oxygen atoms in total. The standard InChI is InChI=1S/C21H18Cl3FN4O2/c1-10-5-11(7-12(22)6-10)14-8-13(3-4-15(14)26)29(2)19-17(23)20(25)28-21(18(19)24)27-9-16(30)31/h3-8H,9,26H2,1-2H3,(H,27,28)(H,30,31). The third-order valence-corrected chi connectivity index (χ3v) is 5.45. The first-order valence-corrected chi connectivity index (χ1v) is 10.1. The van der Waals surface area contributed by atoms with Gasteiger partial charge in [0.25, 0.3) is 0 Å². The highest BCUT2D eigenvalue weighted by atomic mass is 35.5. The molecule has 0 spiro atoms. The lowest BCUT2D eigenvalue weighted by molar-refractivity contribution is -0.134. The average Bonchev–Trinajstić information content (AvgIpc) is 2.69. The first-order valence-electron chi connectivity index (χ1n) is 8.99. The van der Waals surface area contributed by atoms with Gasteiger partial charge in [-0.3, -0.25) is 4.79 Å². The number of carboxylic acids is 1. The van der Waals surface area contributed by atoms with E-state index in [1.165, 1.54) is 0 Å². The molecule has 162 valence electrons. The van der Waals surface area contributed by atoms with E-state index in [4.69, 9.17) is 45.6 Å². The molecule has 0 saturated heterocycles. The molecule has 10 heteroatoms. The van der Waals surface area contributed by atoms with Gasteiger partial charge in [-0.25, -0.2) is 0 Å². The van der Waals surface area contributed by atoms with Crippen molar-refractivity contribution in [3.63, 3.8) is 0 Å². The molecule has 0 radical (unpaired) electrons. The van der Waals surface area contributed by atoms with Crippen molar-refractivity contribution in [1.82, 2.24) is 4.98 Å². The number of nitrogens with two attached hydrogens (primary N) is 1. The molecule has 0 fully saturated rings. The van der Waals surface area contributed by atoms with Gasteiger partial charge in [0.15, 0.2) is 5.82 Å². The first-order chi connectivity index (χ1) is 14.6. The Labute approximate surface area is 193 Å². The number of benzene rings is 2. The maximum absolute atomic E-state index is 14.4. The van der Waals surface area contributed by atoms with Crippen molar-refractivity contribution in [2.45, 2.75) is 6.92 Å².